The molecule has 1 saturated heterocycles. The number of aryl methyl sites for hydroxylation is 2. The predicted octanol–water partition coefficient (Wildman–Crippen LogP) is 1.92. The van der Waals surface area contributed by atoms with E-state index in [-0.39, 0.29) is 11.9 Å². The third-order valence-corrected chi connectivity index (χ3v) is 4.26. The maximum Gasteiger partial charge on any atom is 0.263 e. The Kier molecular flexibility index (Phi) is 4.78. The van der Waals surface area contributed by atoms with E-state index in [2.05, 4.69) is 15.1 Å². The van der Waals surface area contributed by atoms with Crippen LogP contribution in [0.25, 0.3) is 0 Å². The van der Waals surface area contributed by atoms with E-state index in [0.717, 1.165) is 31.0 Å². The second kappa shape index (κ2) is 6.98. The summed E-state index contributed by atoms with van der Waals surface area (Å²) in [5.41, 5.74) is 0. The lowest BCUT2D eigenvalue weighted by Crippen LogP contribution is -2.46. The van der Waals surface area contributed by atoms with Crippen LogP contribution >= 0.6 is 0 Å². The van der Waals surface area contributed by atoms with Gasteiger partial charge in [0, 0.05) is 19.3 Å². The summed E-state index contributed by atoms with van der Waals surface area (Å²) in [4.78, 5) is 22.9. The van der Waals surface area contributed by atoms with Gasteiger partial charge < -0.3 is 9.64 Å². The van der Waals surface area contributed by atoms with Crippen molar-refractivity contribution in [2.24, 2.45) is 0 Å². The zero-order chi connectivity index (χ0) is 17.1. The van der Waals surface area contributed by atoms with Gasteiger partial charge in [0.1, 0.15) is 17.4 Å². The van der Waals surface area contributed by atoms with Gasteiger partial charge in [-0.15, -0.1) is 0 Å². The zero-order valence-electron chi connectivity index (χ0n) is 14.3. The van der Waals surface area contributed by atoms with Crippen LogP contribution in [0.4, 0.5) is 0 Å². The van der Waals surface area contributed by atoms with Crippen molar-refractivity contribution < 1.29 is 9.53 Å². The number of aromatic nitrogens is 4. The first kappa shape index (κ1) is 16.4. The zero-order valence-corrected chi connectivity index (χ0v) is 14.3. The lowest BCUT2D eigenvalue weighted by atomic mass is 10.1. The van der Waals surface area contributed by atoms with E-state index < -0.39 is 6.10 Å². The Morgan fingerprint density at radius 1 is 1.42 bits per heavy atom. The smallest absolute Gasteiger partial charge is 0.263 e. The molecule has 1 fully saturated rings. The number of rotatable bonds is 4. The minimum absolute atomic E-state index is 0.00181. The summed E-state index contributed by atoms with van der Waals surface area (Å²) in [7, 11) is 0. The molecular formula is C17H23N5O2. The average Bonchev–Trinajstić information content (AvgIpc) is 2.93. The summed E-state index contributed by atoms with van der Waals surface area (Å²) in [5, 5.41) is 4.47. The van der Waals surface area contributed by atoms with E-state index in [4.69, 9.17) is 4.74 Å². The normalized spacial score (nSPS) is 19.1. The van der Waals surface area contributed by atoms with Crippen LogP contribution < -0.4 is 4.74 Å². The monoisotopic (exact) mass is 329 g/mol. The summed E-state index contributed by atoms with van der Waals surface area (Å²) < 4.78 is 7.66. The van der Waals surface area contributed by atoms with Crippen LogP contribution in [0.1, 0.15) is 37.5 Å². The molecule has 0 radical (unpaired) electrons. The van der Waals surface area contributed by atoms with Crippen molar-refractivity contribution in [2.75, 3.05) is 13.1 Å². The molecule has 0 aromatic carbocycles. The number of hydrogen-bond donors (Lipinski definition) is 0. The molecule has 2 unspecified atom stereocenters. The molecular weight excluding hydrogens is 306 g/mol. The molecule has 0 spiro atoms. The SMILES string of the molecule is Cc1nc(C)n(C2CCCN(C(=O)C(C)Oc3cccnc3)C2)n1. The highest BCUT2D eigenvalue weighted by Gasteiger charge is 2.29. The molecule has 0 saturated carbocycles. The molecule has 1 aliphatic rings. The highest BCUT2D eigenvalue weighted by Crippen LogP contribution is 2.23. The molecule has 128 valence electrons. The quantitative estimate of drug-likeness (QED) is 0.857. The molecule has 3 heterocycles. The first-order chi connectivity index (χ1) is 11.5. The Morgan fingerprint density at radius 3 is 2.92 bits per heavy atom. The highest BCUT2D eigenvalue weighted by atomic mass is 16.5. The molecule has 7 nitrogen and oxygen atoms in total. The molecule has 2 atom stereocenters. The summed E-state index contributed by atoms with van der Waals surface area (Å²) >= 11 is 0. The van der Waals surface area contributed by atoms with Gasteiger partial charge in [-0.25, -0.2) is 9.67 Å². The van der Waals surface area contributed by atoms with E-state index >= 15 is 0 Å². The molecule has 24 heavy (non-hydrogen) atoms. The second-order valence-corrected chi connectivity index (χ2v) is 6.18. The van der Waals surface area contributed by atoms with E-state index in [0.29, 0.717) is 12.3 Å². The summed E-state index contributed by atoms with van der Waals surface area (Å²) in [5.74, 6) is 2.27. The predicted molar refractivity (Wildman–Crippen MR) is 88.7 cm³/mol. The number of amides is 1. The first-order valence-corrected chi connectivity index (χ1v) is 8.30. The van der Waals surface area contributed by atoms with Gasteiger partial charge in [-0.2, -0.15) is 5.10 Å². The molecule has 0 aliphatic carbocycles. The van der Waals surface area contributed by atoms with Crippen LogP contribution in [0.3, 0.4) is 0 Å². The number of carbonyl (C=O) groups is 1. The fourth-order valence-electron chi connectivity index (χ4n) is 3.16. The van der Waals surface area contributed by atoms with Crippen LogP contribution in [0.15, 0.2) is 24.5 Å². The van der Waals surface area contributed by atoms with Crippen LogP contribution in [0, 0.1) is 13.8 Å². The topological polar surface area (TPSA) is 73.1 Å². The van der Waals surface area contributed by atoms with E-state index in [1.807, 2.05) is 23.4 Å². The van der Waals surface area contributed by atoms with Crippen molar-refractivity contribution >= 4 is 5.91 Å². The van der Waals surface area contributed by atoms with Gasteiger partial charge in [0.15, 0.2) is 6.10 Å². The molecule has 1 aliphatic heterocycles. The van der Waals surface area contributed by atoms with Crippen molar-refractivity contribution in [1.29, 1.82) is 0 Å². The largest absolute Gasteiger partial charge is 0.479 e. The average molecular weight is 329 g/mol. The van der Waals surface area contributed by atoms with Crippen molar-refractivity contribution in [2.45, 2.75) is 45.8 Å². The Morgan fingerprint density at radius 2 is 2.25 bits per heavy atom. The van der Waals surface area contributed by atoms with E-state index in [9.17, 15) is 4.79 Å². The van der Waals surface area contributed by atoms with Crippen LogP contribution in [-0.2, 0) is 4.79 Å². The number of carbonyl (C=O) groups excluding carboxylic acids is 1. The molecule has 2 aromatic rings. The minimum atomic E-state index is -0.536. The summed E-state index contributed by atoms with van der Waals surface area (Å²) in [6, 6.07) is 3.77. The van der Waals surface area contributed by atoms with Crippen molar-refractivity contribution in [1.82, 2.24) is 24.6 Å². The van der Waals surface area contributed by atoms with Crippen molar-refractivity contribution in [3.8, 4) is 5.75 Å². The second-order valence-electron chi connectivity index (χ2n) is 6.18. The van der Waals surface area contributed by atoms with Gasteiger partial charge in [-0.05, 0) is 45.7 Å². The third kappa shape index (κ3) is 3.55. The maximum atomic E-state index is 12.7. The number of likely N-dealkylation sites (tertiary alicyclic amines) is 1. The van der Waals surface area contributed by atoms with Crippen LogP contribution in [-0.4, -0.2) is 49.7 Å². The van der Waals surface area contributed by atoms with Gasteiger partial charge in [-0.1, -0.05) is 0 Å². The van der Waals surface area contributed by atoms with Gasteiger partial charge >= 0.3 is 0 Å². The van der Waals surface area contributed by atoms with Gasteiger partial charge in [-0.3, -0.25) is 9.78 Å². The fourth-order valence-corrected chi connectivity index (χ4v) is 3.16. The maximum absolute atomic E-state index is 12.7. The van der Waals surface area contributed by atoms with E-state index in [1.165, 1.54) is 0 Å². The molecule has 3 rings (SSSR count). The molecule has 2 aromatic heterocycles. The number of piperidine rings is 1. The molecule has 0 bridgehead atoms. The number of ether oxygens (including phenoxy) is 1. The van der Waals surface area contributed by atoms with Crippen molar-refractivity contribution in [3.05, 3.63) is 36.2 Å². The number of nitrogens with zero attached hydrogens (tertiary/aromatic N) is 5. The number of hydrogen-bond acceptors (Lipinski definition) is 5. The van der Waals surface area contributed by atoms with Crippen LogP contribution in [0.2, 0.25) is 0 Å². The van der Waals surface area contributed by atoms with Crippen LogP contribution in [0.5, 0.6) is 5.75 Å². The minimum Gasteiger partial charge on any atom is -0.479 e. The van der Waals surface area contributed by atoms with Gasteiger partial charge in [0.25, 0.3) is 5.91 Å². The first-order valence-electron chi connectivity index (χ1n) is 8.30. The summed E-state index contributed by atoms with van der Waals surface area (Å²) in [6.07, 6.45) is 4.72. The number of pyridine rings is 1. The molecule has 7 heteroatoms. The Labute approximate surface area is 141 Å². The standard InChI is InChI=1S/C17H23N5O2/c1-12(24-16-7-4-8-18-10-16)17(23)21-9-5-6-15(11-21)22-14(3)19-13(2)20-22/h4,7-8,10,12,15H,5-6,9,11H2,1-3H3. The fraction of sp³-hybridized carbons (Fsp3) is 0.529. The molecule has 0 N–H and O–H groups in total. The van der Waals surface area contributed by atoms with Crippen molar-refractivity contribution in [3.63, 3.8) is 0 Å². The van der Waals surface area contributed by atoms with Gasteiger partial charge in [0.05, 0.1) is 12.2 Å². The molecule has 1 amide bonds. The third-order valence-electron chi connectivity index (χ3n) is 4.26. The summed E-state index contributed by atoms with van der Waals surface area (Å²) in [6.45, 7) is 7.02. The lowest BCUT2D eigenvalue weighted by molar-refractivity contribution is -0.139. The highest BCUT2D eigenvalue weighted by molar-refractivity contribution is 5.81. The van der Waals surface area contributed by atoms with E-state index in [1.54, 1.807) is 31.5 Å². The Bertz CT molecular complexity index is 700. The Hall–Kier alpha value is -2.44. The lowest BCUT2D eigenvalue weighted by Gasteiger charge is -2.34. The van der Waals surface area contributed by atoms with Gasteiger partial charge in [0.2, 0.25) is 0 Å². The Balaban J connectivity index is 1.65.